The second kappa shape index (κ2) is 8.03. The smallest absolute Gasteiger partial charge is 0.243 e. The lowest BCUT2D eigenvalue weighted by molar-refractivity contribution is 0.315. The van der Waals surface area contributed by atoms with E-state index in [9.17, 15) is 8.42 Å². The third kappa shape index (κ3) is 4.60. The van der Waals surface area contributed by atoms with Crippen LogP contribution in [0.4, 0.5) is 0 Å². The zero-order chi connectivity index (χ0) is 15.1. The van der Waals surface area contributed by atoms with Crippen LogP contribution in [0.25, 0.3) is 0 Å². The highest BCUT2D eigenvalue weighted by atomic mass is 32.2. The third-order valence-electron chi connectivity index (χ3n) is 3.23. The number of nitrogens with zero attached hydrogens (tertiary/aromatic N) is 1. The number of nitrogens with one attached hydrogen (secondary N) is 1. The van der Waals surface area contributed by atoms with Gasteiger partial charge in [0.15, 0.2) is 0 Å². The van der Waals surface area contributed by atoms with E-state index < -0.39 is 10.0 Å². The molecule has 0 saturated carbocycles. The second-order valence-electron chi connectivity index (χ2n) is 4.69. The van der Waals surface area contributed by atoms with E-state index in [4.69, 9.17) is 4.74 Å². The minimum Gasteiger partial charge on any atom is -0.492 e. The van der Waals surface area contributed by atoms with Crippen LogP contribution < -0.4 is 10.1 Å². The van der Waals surface area contributed by atoms with Crippen molar-refractivity contribution in [3.8, 4) is 5.75 Å². The second-order valence-corrected chi connectivity index (χ2v) is 7.85. The molecule has 5 nitrogen and oxygen atoms in total. The van der Waals surface area contributed by atoms with Gasteiger partial charge in [0.05, 0.1) is 4.90 Å². The highest BCUT2D eigenvalue weighted by Gasteiger charge is 2.25. The number of hydrogen-bond donors (Lipinski definition) is 1. The lowest BCUT2D eigenvalue weighted by atomic mass is 10.3. The minimum atomic E-state index is -3.36. The monoisotopic (exact) mass is 330 g/mol. The Bertz CT molecular complexity index is 526. The predicted octanol–water partition coefficient (Wildman–Crippen LogP) is 1.41. The SMILES string of the molecule is CCNCCOc1ccc(S(=O)(=O)N2CCSCC2)cc1. The summed E-state index contributed by atoms with van der Waals surface area (Å²) in [6.07, 6.45) is 0. The fourth-order valence-electron chi connectivity index (χ4n) is 2.06. The lowest BCUT2D eigenvalue weighted by Gasteiger charge is -2.25. The Morgan fingerprint density at radius 3 is 2.52 bits per heavy atom. The molecule has 2 rings (SSSR count). The quantitative estimate of drug-likeness (QED) is 0.766. The summed E-state index contributed by atoms with van der Waals surface area (Å²) in [4.78, 5) is 0.341. The van der Waals surface area contributed by atoms with Crippen molar-refractivity contribution in [2.45, 2.75) is 11.8 Å². The number of ether oxygens (including phenoxy) is 1. The van der Waals surface area contributed by atoms with E-state index in [0.29, 0.717) is 30.3 Å². The standard InChI is InChI=1S/C14H22N2O3S2/c1-2-15-7-10-19-13-3-5-14(6-4-13)21(17,18)16-8-11-20-12-9-16/h3-6,15H,2,7-12H2,1H3. The van der Waals surface area contributed by atoms with Crippen LogP contribution in [0.2, 0.25) is 0 Å². The van der Waals surface area contributed by atoms with Crippen molar-refractivity contribution >= 4 is 21.8 Å². The molecule has 1 saturated heterocycles. The molecule has 1 N–H and O–H groups in total. The molecule has 1 aromatic rings. The number of likely N-dealkylation sites (N-methyl/N-ethyl adjacent to an activating group) is 1. The van der Waals surface area contributed by atoms with Crippen LogP contribution in [0.1, 0.15) is 6.92 Å². The average Bonchev–Trinajstić information content (AvgIpc) is 2.53. The van der Waals surface area contributed by atoms with Gasteiger partial charge >= 0.3 is 0 Å². The van der Waals surface area contributed by atoms with Crippen molar-refractivity contribution in [1.29, 1.82) is 0 Å². The van der Waals surface area contributed by atoms with E-state index in [2.05, 4.69) is 5.32 Å². The van der Waals surface area contributed by atoms with Crippen LogP contribution in [0.15, 0.2) is 29.2 Å². The maximum atomic E-state index is 12.5. The molecule has 0 radical (unpaired) electrons. The number of thioether (sulfide) groups is 1. The maximum Gasteiger partial charge on any atom is 0.243 e. The van der Waals surface area contributed by atoms with Crippen molar-refractivity contribution < 1.29 is 13.2 Å². The molecular weight excluding hydrogens is 308 g/mol. The van der Waals surface area contributed by atoms with Crippen LogP contribution in [-0.2, 0) is 10.0 Å². The summed E-state index contributed by atoms with van der Waals surface area (Å²) in [5.41, 5.74) is 0. The summed E-state index contributed by atoms with van der Waals surface area (Å²) in [6.45, 7) is 5.49. The van der Waals surface area contributed by atoms with Crippen LogP contribution in [0.3, 0.4) is 0 Å². The van der Waals surface area contributed by atoms with Crippen LogP contribution >= 0.6 is 11.8 Å². The maximum absolute atomic E-state index is 12.5. The van der Waals surface area contributed by atoms with E-state index >= 15 is 0 Å². The lowest BCUT2D eigenvalue weighted by Crippen LogP contribution is -2.37. The Morgan fingerprint density at radius 1 is 1.24 bits per heavy atom. The van der Waals surface area contributed by atoms with E-state index in [-0.39, 0.29) is 0 Å². The fraction of sp³-hybridized carbons (Fsp3) is 0.571. The Morgan fingerprint density at radius 2 is 1.90 bits per heavy atom. The summed E-state index contributed by atoms with van der Waals surface area (Å²) >= 11 is 1.79. The van der Waals surface area contributed by atoms with Crippen LogP contribution in [0.5, 0.6) is 5.75 Å². The first-order chi connectivity index (χ1) is 10.1. The normalized spacial score (nSPS) is 16.8. The summed E-state index contributed by atoms with van der Waals surface area (Å²) in [5.74, 6) is 2.43. The van der Waals surface area contributed by atoms with Gasteiger partial charge in [-0.2, -0.15) is 16.1 Å². The molecule has 1 aromatic carbocycles. The van der Waals surface area contributed by atoms with Gasteiger partial charge in [-0.3, -0.25) is 0 Å². The summed E-state index contributed by atoms with van der Waals surface area (Å²) < 4.78 is 32.0. The van der Waals surface area contributed by atoms with Crippen molar-refractivity contribution in [2.24, 2.45) is 0 Å². The summed E-state index contributed by atoms with van der Waals surface area (Å²) in [7, 11) is -3.36. The number of benzene rings is 1. The van der Waals surface area contributed by atoms with Gasteiger partial charge in [0.1, 0.15) is 12.4 Å². The summed E-state index contributed by atoms with van der Waals surface area (Å²) in [5, 5.41) is 3.17. The van der Waals surface area contributed by atoms with Gasteiger partial charge in [-0.1, -0.05) is 6.92 Å². The molecule has 21 heavy (non-hydrogen) atoms. The van der Waals surface area contributed by atoms with Crippen molar-refractivity contribution in [1.82, 2.24) is 9.62 Å². The average molecular weight is 330 g/mol. The van der Waals surface area contributed by atoms with E-state index in [1.165, 1.54) is 0 Å². The zero-order valence-corrected chi connectivity index (χ0v) is 13.9. The largest absolute Gasteiger partial charge is 0.492 e. The molecule has 1 heterocycles. The Kier molecular flexibility index (Phi) is 6.35. The third-order valence-corrected chi connectivity index (χ3v) is 6.08. The van der Waals surface area contributed by atoms with Gasteiger partial charge in [-0.25, -0.2) is 8.42 Å². The first-order valence-corrected chi connectivity index (χ1v) is 9.75. The Labute approximate surface area is 131 Å². The van der Waals surface area contributed by atoms with Gasteiger partial charge in [-0.05, 0) is 30.8 Å². The summed E-state index contributed by atoms with van der Waals surface area (Å²) in [6, 6.07) is 6.69. The van der Waals surface area contributed by atoms with Crippen molar-refractivity contribution in [3.63, 3.8) is 0 Å². The topological polar surface area (TPSA) is 58.6 Å². The molecular formula is C14H22N2O3S2. The Balaban J connectivity index is 1.97. The van der Waals surface area contributed by atoms with Crippen LogP contribution in [0, 0.1) is 0 Å². The number of hydrogen-bond acceptors (Lipinski definition) is 5. The molecule has 0 bridgehead atoms. The van der Waals surface area contributed by atoms with Gasteiger partial charge in [-0.15, -0.1) is 0 Å². The molecule has 0 amide bonds. The zero-order valence-electron chi connectivity index (χ0n) is 12.2. The van der Waals surface area contributed by atoms with Crippen molar-refractivity contribution in [2.75, 3.05) is 44.3 Å². The first kappa shape index (κ1) is 16.6. The first-order valence-electron chi connectivity index (χ1n) is 7.16. The Hall–Kier alpha value is -0.760. The highest BCUT2D eigenvalue weighted by molar-refractivity contribution is 7.99. The van der Waals surface area contributed by atoms with E-state index in [1.807, 2.05) is 6.92 Å². The molecule has 1 aliphatic rings. The highest BCUT2D eigenvalue weighted by Crippen LogP contribution is 2.22. The molecule has 1 aliphatic heterocycles. The number of sulfonamides is 1. The molecule has 118 valence electrons. The van der Waals surface area contributed by atoms with Crippen LogP contribution in [-0.4, -0.2) is 57.0 Å². The molecule has 7 heteroatoms. The van der Waals surface area contributed by atoms with Gasteiger partial charge in [0.2, 0.25) is 10.0 Å². The molecule has 1 fully saturated rings. The van der Waals surface area contributed by atoms with Crippen molar-refractivity contribution in [3.05, 3.63) is 24.3 Å². The number of rotatable bonds is 7. The molecule has 0 aliphatic carbocycles. The predicted molar refractivity (Wildman–Crippen MR) is 86.6 cm³/mol. The molecule has 0 unspecified atom stereocenters. The fourth-order valence-corrected chi connectivity index (χ4v) is 4.64. The molecule has 0 atom stereocenters. The molecule has 0 aromatic heterocycles. The van der Waals surface area contributed by atoms with Gasteiger partial charge in [0.25, 0.3) is 0 Å². The van der Waals surface area contributed by atoms with Gasteiger partial charge in [0, 0.05) is 31.1 Å². The van der Waals surface area contributed by atoms with E-state index in [0.717, 1.165) is 24.6 Å². The van der Waals surface area contributed by atoms with Gasteiger partial charge < -0.3 is 10.1 Å². The van der Waals surface area contributed by atoms with E-state index in [1.54, 1.807) is 40.3 Å². The molecule has 0 spiro atoms. The minimum absolute atomic E-state index is 0.341.